The zero-order valence-electron chi connectivity index (χ0n) is 7.37. The van der Waals surface area contributed by atoms with E-state index in [2.05, 4.69) is 0 Å². The van der Waals surface area contributed by atoms with Crippen molar-refractivity contribution in [2.45, 2.75) is 26.0 Å². The van der Waals surface area contributed by atoms with Crippen molar-refractivity contribution in [2.24, 2.45) is 5.73 Å². The molecular weight excluding hydrogens is 150 g/mol. The fourth-order valence-corrected chi connectivity index (χ4v) is 1.61. The number of ether oxygens (including phenoxy) is 1. The van der Waals surface area contributed by atoms with Crippen molar-refractivity contribution in [3.8, 4) is 5.75 Å². The lowest BCUT2D eigenvalue weighted by Crippen LogP contribution is -2.21. The van der Waals surface area contributed by atoms with Gasteiger partial charge in [-0.15, -0.1) is 0 Å². The molecule has 0 saturated carbocycles. The first-order valence-corrected chi connectivity index (χ1v) is 4.22. The number of fused-ring (bicyclic) bond motifs is 1. The lowest BCUT2D eigenvalue weighted by Gasteiger charge is -2.07. The summed E-state index contributed by atoms with van der Waals surface area (Å²) in [4.78, 5) is 0. The molecule has 0 spiro atoms. The summed E-state index contributed by atoms with van der Waals surface area (Å²) in [6.07, 6.45) is 0.112. The molecule has 1 aliphatic heterocycles. The van der Waals surface area contributed by atoms with Crippen LogP contribution in [0.2, 0.25) is 0 Å². The van der Waals surface area contributed by atoms with Gasteiger partial charge < -0.3 is 10.5 Å². The molecule has 64 valence electrons. The van der Waals surface area contributed by atoms with Crippen LogP contribution in [0.5, 0.6) is 5.75 Å². The number of hydrogen-bond acceptors (Lipinski definition) is 2. The zero-order chi connectivity index (χ0) is 8.72. The molecule has 0 fully saturated rings. The third-order valence-electron chi connectivity index (χ3n) is 2.41. The van der Waals surface area contributed by atoms with Gasteiger partial charge in [-0.3, -0.25) is 0 Å². The number of nitrogens with two attached hydrogens (primary N) is 1. The minimum Gasteiger partial charge on any atom is -0.488 e. The van der Waals surface area contributed by atoms with E-state index >= 15 is 0 Å². The summed E-state index contributed by atoms with van der Waals surface area (Å²) in [6.45, 7) is 4.05. The van der Waals surface area contributed by atoms with Gasteiger partial charge in [0.1, 0.15) is 11.9 Å². The van der Waals surface area contributed by atoms with Gasteiger partial charge in [-0.2, -0.15) is 0 Å². The molecule has 2 N–H and O–H groups in total. The van der Waals surface area contributed by atoms with Crippen LogP contribution in [0.1, 0.15) is 24.1 Å². The van der Waals surface area contributed by atoms with Crippen molar-refractivity contribution in [3.63, 3.8) is 0 Å². The van der Waals surface area contributed by atoms with Gasteiger partial charge in [0.25, 0.3) is 0 Å². The molecule has 0 radical (unpaired) electrons. The Morgan fingerprint density at radius 3 is 2.83 bits per heavy atom. The second-order valence-electron chi connectivity index (χ2n) is 3.34. The van der Waals surface area contributed by atoms with Gasteiger partial charge in [-0.25, -0.2) is 0 Å². The first kappa shape index (κ1) is 7.62. The Morgan fingerprint density at radius 2 is 2.17 bits per heavy atom. The number of rotatable bonds is 0. The van der Waals surface area contributed by atoms with Crippen LogP contribution in [0, 0.1) is 6.92 Å². The highest BCUT2D eigenvalue weighted by molar-refractivity contribution is 5.45. The lowest BCUT2D eigenvalue weighted by atomic mass is 10.0. The Labute approximate surface area is 72.3 Å². The maximum atomic E-state index is 5.93. The van der Waals surface area contributed by atoms with E-state index in [0.29, 0.717) is 0 Å². The largest absolute Gasteiger partial charge is 0.488 e. The Balaban J connectivity index is 2.53. The molecule has 2 rings (SSSR count). The van der Waals surface area contributed by atoms with E-state index in [1.54, 1.807) is 0 Å². The van der Waals surface area contributed by atoms with Crippen molar-refractivity contribution < 1.29 is 4.74 Å². The highest BCUT2D eigenvalue weighted by Gasteiger charge is 2.28. The Bertz CT molecular complexity index is 309. The van der Waals surface area contributed by atoms with Crippen LogP contribution in [-0.2, 0) is 0 Å². The first-order chi connectivity index (χ1) is 5.70. The summed E-state index contributed by atoms with van der Waals surface area (Å²) < 4.78 is 5.62. The lowest BCUT2D eigenvalue weighted by molar-refractivity contribution is 0.227. The average Bonchev–Trinajstić information content (AvgIpc) is 2.32. The first-order valence-electron chi connectivity index (χ1n) is 4.22. The van der Waals surface area contributed by atoms with Crippen molar-refractivity contribution in [2.75, 3.05) is 0 Å². The highest BCUT2D eigenvalue weighted by atomic mass is 16.5. The zero-order valence-corrected chi connectivity index (χ0v) is 7.37. The van der Waals surface area contributed by atoms with E-state index in [0.717, 1.165) is 11.3 Å². The fraction of sp³-hybridized carbons (Fsp3) is 0.400. The van der Waals surface area contributed by atoms with E-state index in [4.69, 9.17) is 10.5 Å². The van der Waals surface area contributed by atoms with Gasteiger partial charge in [0.2, 0.25) is 0 Å². The van der Waals surface area contributed by atoms with Crippen molar-refractivity contribution in [1.82, 2.24) is 0 Å². The maximum Gasteiger partial charge on any atom is 0.127 e. The van der Waals surface area contributed by atoms with Crippen LogP contribution in [0.3, 0.4) is 0 Å². The van der Waals surface area contributed by atoms with Crippen LogP contribution < -0.4 is 10.5 Å². The number of para-hydroxylation sites is 1. The monoisotopic (exact) mass is 163 g/mol. The smallest absolute Gasteiger partial charge is 0.127 e. The predicted molar refractivity (Wildman–Crippen MR) is 48.2 cm³/mol. The maximum absolute atomic E-state index is 5.93. The summed E-state index contributed by atoms with van der Waals surface area (Å²) in [7, 11) is 0. The SMILES string of the molecule is Cc1cccc2c1OC(C)C2N. The number of aryl methyl sites for hydroxylation is 1. The van der Waals surface area contributed by atoms with E-state index in [1.165, 1.54) is 5.56 Å². The average molecular weight is 163 g/mol. The second-order valence-corrected chi connectivity index (χ2v) is 3.34. The van der Waals surface area contributed by atoms with Crippen molar-refractivity contribution >= 4 is 0 Å². The normalized spacial score (nSPS) is 26.6. The molecule has 0 saturated heterocycles. The highest BCUT2D eigenvalue weighted by Crippen LogP contribution is 2.37. The number of hydrogen-bond donors (Lipinski definition) is 1. The van der Waals surface area contributed by atoms with Crippen molar-refractivity contribution in [1.29, 1.82) is 0 Å². The summed E-state index contributed by atoms with van der Waals surface area (Å²) >= 11 is 0. The molecule has 0 aliphatic carbocycles. The predicted octanol–water partition coefficient (Wildman–Crippen LogP) is 1.78. The minimum absolute atomic E-state index is 0.0416. The summed E-state index contributed by atoms with van der Waals surface area (Å²) in [5, 5.41) is 0. The van der Waals surface area contributed by atoms with Gasteiger partial charge in [-0.1, -0.05) is 18.2 Å². The molecule has 2 heteroatoms. The molecule has 2 unspecified atom stereocenters. The van der Waals surface area contributed by atoms with Crippen molar-refractivity contribution in [3.05, 3.63) is 29.3 Å². The Hall–Kier alpha value is -1.02. The molecule has 2 atom stereocenters. The quantitative estimate of drug-likeness (QED) is 0.632. The van der Waals surface area contributed by atoms with Crippen LogP contribution >= 0.6 is 0 Å². The molecular formula is C10H13NO. The topological polar surface area (TPSA) is 35.2 Å². The summed E-state index contributed by atoms with van der Waals surface area (Å²) in [5.41, 5.74) is 8.25. The molecule has 0 bridgehead atoms. The number of benzene rings is 1. The van der Waals surface area contributed by atoms with Crippen LogP contribution in [0.4, 0.5) is 0 Å². The van der Waals surface area contributed by atoms with Gasteiger partial charge in [0.15, 0.2) is 0 Å². The van der Waals surface area contributed by atoms with E-state index < -0.39 is 0 Å². The second kappa shape index (κ2) is 2.49. The molecule has 1 aromatic carbocycles. The van der Waals surface area contributed by atoms with Gasteiger partial charge >= 0.3 is 0 Å². The van der Waals surface area contributed by atoms with E-state index in [9.17, 15) is 0 Å². The van der Waals surface area contributed by atoms with Gasteiger partial charge in [-0.05, 0) is 19.4 Å². The van der Waals surface area contributed by atoms with Gasteiger partial charge in [0, 0.05) is 5.56 Å². The van der Waals surface area contributed by atoms with Crippen LogP contribution in [-0.4, -0.2) is 6.10 Å². The molecule has 1 aliphatic rings. The molecule has 1 heterocycles. The third-order valence-corrected chi connectivity index (χ3v) is 2.41. The fourth-order valence-electron chi connectivity index (χ4n) is 1.61. The molecule has 0 aromatic heterocycles. The standard InChI is InChI=1S/C10H13NO/c1-6-4-3-5-8-9(11)7(2)12-10(6)8/h3-5,7,9H,11H2,1-2H3. The Morgan fingerprint density at radius 1 is 1.42 bits per heavy atom. The third kappa shape index (κ3) is 0.916. The van der Waals surface area contributed by atoms with Gasteiger partial charge in [0.05, 0.1) is 6.04 Å². The molecule has 12 heavy (non-hydrogen) atoms. The van der Waals surface area contributed by atoms with Crippen LogP contribution in [0.15, 0.2) is 18.2 Å². The Kier molecular flexibility index (Phi) is 1.58. The van der Waals surface area contributed by atoms with E-state index in [1.807, 2.05) is 32.0 Å². The van der Waals surface area contributed by atoms with E-state index in [-0.39, 0.29) is 12.1 Å². The summed E-state index contributed by atoms with van der Waals surface area (Å²) in [6, 6.07) is 6.15. The molecule has 0 amide bonds. The minimum atomic E-state index is 0.0416. The van der Waals surface area contributed by atoms with Crippen LogP contribution in [0.25, 0.3) is 0 Å². The molecule has 1 aromatic rings. The summed E-state index contributed by atoms with van der Waals surface area (Å²) in [5.74, 6) is 0.984. The molecule has 2 nitrogen and oxygen atoms in total.